The van der Waals surface area contributed by atoms with E-state index in [0.29, 0.717) is 17.9 Å². The van der Waals surface area contributed by atoms with Gasteiger partial charge in [-0.05, 0) is 31.2 Å². The summed E-state index contributed by atoms with van der Waals surface area (Å²) in [6, 6.07) is 2.54. The standard InChI is InChI=1S/C15H24N4/c1-10(2)8-12(5)17-15-14-9-13(11(3)4)18-19(14)7-6-16-15/h6-7,9-12H,8H2,1-5H3,(H,16,17). The van der Waals surface area contributed by atoms with Crippen LogP contribution in [0, 0.1) is 5.92 Å². The van der Waals surface area contributed by atoms with Gasteiger partial charge in [-0.3, -0.25) is 0 Å². The Hall–Kier alpha value is -1.58. The third kappa shape index (κ3) is 3.25. The van der Waals surface area contributed by atoms with E-state index in [4.69, 9.17) is 0 Å². The fraction of sp³-hybridized carbons (Fsp3) is 0.600. The number of nitrogens with zero attached hydrogens (tertiary/aromatic N) is 3. The van der Waals surface area contributed by atoms with Crippen molar-refractivity contribution in [1.82, 2.24) is 14.6 Å². The van der Waals surface area contributed by atoms with Crippen molar-refractivity contribution in [3.05, 3.63) is 24.2 Å². The summed E-state index contributed by atoms with van der Waals surface area (Å²) >= 11 is 0. The number of anilines is 1. The third-order valence-corrected chi connectivity index (χ3v) is 3.21. The molecule has 0 saturated carbocycles. The highest BCUT2D eigenvalue weighted by molar-refractivity contribution is 5.68. The molecule has 4 heteroatoms. The summed E-state index contributed by atoms with van der Waals surface area (Å²) in [5.74, 6) is 2.04. The molecule has 4 nitrogen and oxygen atoms in total. The maximum Gasteiger partial charge on any atom is 0.152 e. The minimum atomic E-state index is 0.413. The molecule has 0 aliphatic rings. The maximum atomic E-state index is 4.58. The first-order valence-corrected chi connectivity index (χ1v) is 7.08. The molecule has 0 amide bonds. The molecular formula is C15H24N4. The van der Waals surface area contributed by atoms with Gasteiger partial charge in [-0.25, -0.2) is 9.50 Å². The van der Waals surface area contributed by atoms with Crippen LogP contribution in [0.3, 0.4) is 0 Å². The largest absolute Gasteiger partial charge is 0.366 e. The van der Waals surface area contributed by atoms with E-state index in [1.54, 1.807) is 6.20 Å². The molecule has 0 spiro atoms. The van der Waals surface area contributed by atoms with Crippen LogP contribution in [-0.4, -0.2) is 20.6 Å². The van der Waals surface area contributed by atoms with E-state index in [1.165, 1.54) is 0 Å². The topological polar surface area (TPSA) is 42.2 Å². The molecule has 104 valence electrons. The molecule has 1 atom stereocenters. The molecule has 2 rings (SSSR count). The van der Waals surface area contributed by atoms with E-state index in [2.05, 4.69) is 56.1 Å². The summed E-state index contributed by atoms with van der Waals surface area (Å²) in [5.41, 5.74) is 2.16. The zero-order chi connectivity index (χ0) is 14.0. The van der Waals surface area contributed by atoms with E-state index in [1.807, 2.05) is 10.7 Å². The van der Waals surface area contributed by atoms with Crippen molar-refractivity contribution < 1.29 is 0 Å². The third-order valence-electron chi connectivity index (χ3n) is 3.21. The second-order valence-corrected chi connectivity index (χ2v) is 6.00. The first-order valence-electron chi connectivity index (χ1n) is 7.08. The van der Waals surface area contributed by atoms with Crippen molar-refractivity contribution in [2.24, 2.45) is 5.92 Å². The first kappa shape index (κ1) is 13.8. The molecule has 1 unspecified atom stereocenters. The number of fused-ring (bicyclic) bond motifs is 1. The molecule has 0 aromatic carbocycles. The number of nitrogens with one attached hydrogen (secondary N) is 1. The fourth-order valence-corrected chi connectivity index (χ4v) is 2.33. The molecule has 2 heterocycles. The van der Waals surface area contributed by atoms with Crippen LogP contribution in [-0.2, 0) is 0 Å². The van der Waals surface area contributed by atoms with Crippen LogP contribution in [0.4, 0.5) is 5.82 Å². The molecule has 0 saturated heterocycles. The average Bonchev–Trinajstić information content (AvgIpc) is 2.72. The predicted molar refractivity (Wildman–Crippen MR) is 79.6 cm³/mol. The summed E-state index contributed by atoms with van der Waals surface area (Å²) in [5, 5.41) is 8.07. The molecule has 1 N–H and O–H groups in total. The van der Waals surface area contributed by atoms with Crippen molar-refractivity contribution >= 4 is 11.3 Å². The Bertz CT molecular complexity index is 542. The molecule has 0 aliphatic heterocycles. The minimum Gasteiger partial charge on any atom is -0.366 e. The summed E-state index contributed by atoms with van der Waals surface area (Å²) in [4.78, 5) is 4.45. The molecule has 0 aliphatic carbocycles. The minimum absolute atomic E-state index is 0.413. The van der Waals surface area contributed by atoms with E-state index >= 15 is 0 Å². The monoisotopic (exact) mass is 260 g/mol. The Morgan fingerprint density at radius 1 is 1.21 bits per heavy atom. The Kier molecular flexibility index (Phi) is 4.08. The Morgan fingerprint density at radius 3 is 2.58 bits per heavy atom. The van der Waals surface area contributed by atoms with Crippen LogP contribution in [0.2, 0.25) is 0 Å². The number of rotatable bonds is 5. The number of hydrogen-bond donors (Lipinski definition) is 1. The normalized spacial score (nSPS) is 13.4. The highest BCUT2D eigenvalue weighted by Crippen LogP contribution is 2.21. The summed E-state index contributed by atoms with van der Waals surface area (Å²) in [7, 11) is 0. The molecule has 19 heavy (non-hydrogen) atoms. The molecule has 0 fully saturated rings. The van der Waals surface area contributed by atoms with Crippen molar-refractivity contribution in [2.45, 2.75) is 53.0 Å². The van der Waals surface area contributed by atoms with Gasteiger partial charge in [-0.1, -0.05) is 27.7 Å². The fourth-order valence-electron chi connectivity index (χ4n) is 2.33. The van der Waals surface area contributed by atoms with E-state index in [-0.39, 0.29) is 0 Å². The molecule has 0 bridgehead atoms. The number of hydrogen-bond acceptors (Lipinski definition) is 3. The van der Waals surface area contributed by atoms with Gasteiger partial charge in [0.15, 0.2) is 5.82 Å². The van der Waals surface area contributed by atoms with Gasteiger partial charge < -0.3 is 5.32 Å². The number of aromatic nitrogens is 3. The Morgan fingerprint density at radius 2 is 1.95 bits per heavy atom. The van der Waals surface area contributed by atoms with Gasteiger partial charge >= 0.3 is 0 Å². The summed E-state index contributed by atoms with van der Waals surface area (Å²) < 4.78 is 1.91. The summed E-state index contributed by atoms with van der Waals surface area (Å²) in [6.45, 7) is 11.0. The van der Waals surface area contributed by atoms with Gasteiger partial charge in [0, 0.05) is 18.4 Å². The average molecular weight is 260 g/mol. The van der Waals surface area contributed by atoms with Crippen LogP contribution in [0.1, 0.15) is 52.7 Å². The Labute approximate surface area is 115 Å². The van der Waals surface area contributed by atoms with E-state index in [9.17, 15) is 0 Å². The first-order chi connectivity index (χ1) is 8.97. The van der Waals surface area contributed by atoms with Crippen molar-refractivity contribution in [1.29, 1.82) is 0 Å². The van der Waals surface area contributed by atoms with Crippen LogP contribution in [0.5, 0.6) is 0 Å². The summed E-state index contributed by atoms with van der Waals surface area (Å²) in [6.07, 6.45) is 4.84. The van der Waals surface area contributed by atoms with Gasteiger partial charge in [0.1, 0.15) is 5.52 Å². The van der Waals surface area contributed by atoms with Crippen LogP contribution >= 0.6 is 0 Å². The van der Waals surface area contributed by atoms with E-state index in [0.717, 1.165) is 23.4 Å². The van der Waals surface area contributed by atoms with Crippen molar-refractivity contribution in [2.75, 3.05) is 5.32 Å². The van der Waals surface area contributed by atoms with Gasteiger partial charge in [0.05, 0.1) is 5.69 Å². The highest BCUT2D eigenvalue weighted by atomic mass is 15.2. The predicted octanol–water partition coefficient (Wildman–Crippen LogP) is 3.70. The zero-order valence-electron chi connectivity index (χ0n) is 12.5. The van der Waals surface area contributed by atoms with Crippen molar-refractivity contribution in [3.8, 4) is 0 Å². The SMILES string of the molecule is CC(C)CC(C)Nc1nccn2nc(C(C)C)cc12. The van der Waals surface area contributed by atoms with Crippen LogP contribution in [0.25, 0.3) is 5.52 Å². The van der Waals surface area contributed by atoms with Crippen molar-refractivity contribution in [3.63, 3.8) is 0 Å². The molecule has 2 aromatic heterocycles. The second-order valence-electron chi connectivity index (χ2n) is 6.00. The van der Waals surface area contributed by atoms with Gasteiger partial charge in [0.2, 0.25) is 0 Å². The van der Waals surface area contributed by atoms with Crippen LogP contribution in [0.15, 0.2) is 18.5 Å². The van der Waals surface area contributed by atoms with E-state index < -0.39 is 0 Å². The lowest BCUT2D eigenvalue weighted by atomic mass is 10.1. The lowest BCUT2D eigenvalue weighted by Crippen LogP contribution is -2.18. The van der Waals surface area contributed by atoms with Gasteiger partial charge in [0.25, 0.3) is 0 Å². The lowest BCUT2D eigenvalue weighted by Gasteiger charge is -2.16. The quantitative estimate of drug-likeness (QED) is 0.891. The Balaban J connectivity index is 2.27. The molecular weight excluding hydrogens is 236 g/mol. The van der Waals surface area contributed by atoms with Crippen LogP contribution < -0.4 is 5.32 Å². The zero-order valence-corrected chi connectivity index (χ0v) is 12.5. The second kappa shape index (κ2) is 5.59. The molecule has 2 aromatic rings. The van der Waals surface area contributed by atoms with Gasteiger partial charge in [-0.2, -0.15) is 5.10 Å². The highest BCUT2D eigenvalue weighted by Gasteiger charge is 2.12. The molecule has 0 radical (unpaired) electrons. The maximum absolute atomic E-state index is 4.58. The van der Waals surface area contributed by atoms with Gasteiger partial charge in [-0.15, -0.1) is 0 Å². The lowest BCUT2D eigenvalue weighted by molar-refractivity contribution is 0.539. The smallest absolute Gasteiger partial charge is 0.152 e.